The van der Waals surface area contributed by atoms with Gasteiger partial charge in [-0.05, 0) is 67.5 Å². The van der Waals surface area contributed by atoms with Crippen molar-refractivity contribution in [1.82, 2.24) is 19.6 Å². The molecule has 41 heavy (non-hydrogen) atoms. The van der Waals surface area contributed by atoms with Gasteiger partial charge in [0.15, 0.2) is 5.82 Å². The molecule has 0 saturated carbocycles. The largest absolute Gasteiger partial charge is 0.395 e. The highest BCUT2D eigenvalue weighted by atomic mass is 35.5. The summed E-state index contributed by atoms with van der Waals surface area (Å²) in [6.07, 6.45) is 4.99. The minimum absolute atomic E-state index is 0.0648. The number of nitrogens with one attached hydrogen (secondary N) is 3. The fourth-order valence-electron chi connectivity index (χ4n) is 5.09. The van der Waals surface area contributed by atoms with Gasteiger partial charge in [-0.1, -0.05) is 29.8 Å². The lowest BCUT2D eigenvalue weighted by Crippen LogP contribution is -2.30. The summed E-state index contributed by atoms with van der Waals surface area (Å²) >= 11 is 6.41. The van der Waals surface area contributed by atoms with E-state index in [1.807, 2.05) is 6.07 Å². The van der Waals surface area contributed by atoms with E-state index in [0.29, 0.717) is 31.3 Å². The normalized spacial score (nSPS) is 19.5. The number of aryl methyl sites for hydroxylation is 2. The first kappa shape index (κ1) is 29.6. The summed E-state index contributed by atoms with van der Waals surface area (Å²) in [5.41, 5.74) is 3.68. The van der Waals surface area contributed by atoms with Crippen molar-refractivity contribution in [3.05, 3.63) is 64.8 Å². The lowest BCUT2D eigenvalue weighted by Gasteiger charge is -2.19. The molecule has 2 aromatic carbocycles. The first-order chi connectivity index (χ1) is 19.8. The van der Waals surface area contributed by atoms with Gasteiger partial charge in [0.05, 0.1) is 37.4 Å². The second-order valence-electron chi connectivity index (χ2n) is 10.2. The van der Waals surface area contributed by atoms with E-state index in [2.05, 4.69) is 38.1 Å². The quantitative estimate of drug-likeness (QED) is 0.126. The van der Waals surface area contributed by atoms with E-state index in [1.165, 1.54) is 27.7 Å². The van der Waals surface area contributed by atoms with Crippen LogP contribution in [0.1, 0.15) is 30.4 Å². The number of fused-ring (bicyclic) bond motifs is 1. The van der Waals surface area contributed by atoms with Crippen LogP contribution >= 0.6 is 11.6 Å². The number of halogens is 1. The minimum Gasteiger partial charge on any atom is -0.395 e. The number of hydrogen-bond acceptors (Lipinski definition) is 10. The SMILES string of the molecule is O=S(=O)(c1ccccc1Nc1nc(Nc2ccc3c(c2)CCC(OCNCCO)CC3)ncc1Cl)N1CCC(O)C1. The van der Waals surface area contributed by atoms with E-state index < -0.39 is 16.1 Å². The van der Waals surface area contributed by atoms with E-state index in [4.69, 9.17) is 21.4 Å². The Morgan fingerprint density at radius 1 is 1.07 bits per heavy atom. The summed E-state index contributed by atoms with van der Waals surface area (Å²) in [6, 6.07) is 12.7. The summed E-state index contributed by atoms with van der Waals surface area (Å²) in [5, 5.41) is 28.4. The average Bonchev–Trinajstić information content (AvgIpc) is 3.32. The van der Waals surface area contributed by atoms with Gasteiger partial charge in [-0.15, -0.1) is 0 Å². The lowest BCUT2D eigenvalue weighted by atomic mass is 10.0. The van der Waals surface area contributed by atoms with Crippen molar-refractivity contribution in [2.75, 3.05) is 43.6 Å². The highest BCUT2D eigenvalue weighted by Crippen LogP contribution is 2.32. The van der Waals surface area contributed by atoms with Crippen molar-refractivity contribution in [3.8, 4) is 0 Å². The van der Waals surface area contributed by atoms with Crippen molar-refractivity contribution in [2.24, 2.45) is 0 Å². The molecule has 1 aliphatic heterocycles. The van der Waals surface area contributed by atoms with Crippen molar-refractivity contribution in [2.45, 2.75) is 49.2 Å². The molecule has 1 fully saturated rings. The highest BCUT2D eigenvalue weighted by Gasteiger charge is 2.33. The maximum atomic E-state index is 13.3. The summed E-state index contributed by atoms with van der Waals surface area (Å²) in [7, 11) is -3.83. The van der Waals surface area contributed by atoms with E-state index in [-0.39, 0.29) is 41.5 Å². The zero-order valence-electron chi connectivity index (χ0n) is 22.6. The number of aliphatic hydroxyl groups is 2. The van der Waals surface area contributed by atoms with Crippen LogP contribution in [0.15, 0.2) is 53.6 Å². The van der Waals surface area contributed by atoms with Crippen molar-refractivity contribution >= 4 is 44.8 Å². The molecule has 3 aromatic rings. The van der Waals surface area contributed by atoms with Gasteiger partial charge < -0.3 is 25.6 Å². The molecule has 0 spiro atoms. The van der Waals surface area contributed by atoms with Crippen LogP contribution in [0.4, 0.5) is 23.1 Å². The number of β-amino-alcohol motifs (C(OH)–C–C–N with tert-alkyl or cyclic N) is 1. The zero-order valence-corrected chi connectivity index (χ0v) is 24.2. The van der Waals surface area contributed by atoms with Gasteiger partial charge in [0.1, 0.15) is 9.92 Å². The number of ether oxygens (including phenoxy) is 1. The highest BCUT2D eigenvalue weighted by molar-refractivity contribution is 7.89. The number of para-hydroxylation sites is 1. The Labute approximate surface area is 245 Å². The van der Waals surface area contributed by atoms with Crippen LogP contribution in [0.2, 0.25) is 5.02 Å². The fourth-order valence-corrected chi connectivity index (χ4v) is 6.86. The van der Waals surface area contributed by atoms with Gasteiger partial charge in [0, 0.05) is 25.3 Å². The molecule has 220 valence electrons. The molecule has 2 aliphatic rings. The third-order valence-electron chi connectivity index (χ3n) is 7.27. The number of nitrogens with zero attached hydrogens (tertiary/aromatic N) is 3. The molecule has 5 rings (SSSR count). The zero-order chi connectivity index (χ0) is 28.8. The van der Waals surface area contributed by atoms with Gasteiger partial charge in [-0.25, -0.2) is 13.4 Å². The average molecular weight is 603 g/mol. The summed E-state index contributed by atoms with van der Waals surface area (Å²) in [6.45, 7) is 1.35. The Morgan fingerprint density at radius 2 is 1.88 bits per heavy atom. The summed E-state index contributed by atoms with van der Waals surface area (Å²) in [4.78, 5) is 8.92. The molecule has 13 heteroatoms. The Hall–Kier alpha value is -2.84. The molecule has 2 atom stereocenters. The van der Waals surface area contributed by atoms with E-state index in [1.54, 1.807) is 18.2 Å². The second kappa shape index (κ2) is 13.4. The Kier molecular flexibility index (Phi) is 9.71. The summed E-state index contributed by atoms with van der Waals surface area (Å²) in [5.74, 6) is 0.572. The van der Waals surface area contributed by atoms with Gasteiger partial charge in [0.25, 0.3) is 0 Å². The molecule has 2 unspecified atom stereocenters. The third kappa shape index (κ3) is 7.33. The van der Waals surface area contributed by atoms with Crippen molar-refractivity contribution in [3.63, 3.8) is 0 Å². The molecule has 1 aromatic heterocycles. The second-order valence-corrected chi connectivity index (χ2v) is 12.5. The first-order valence-electron chi connectivity index (χ1n) is 13.7. The standard InChI is InChI=1S/C28H35ClN6O5S/c29-24-16-31-28(32-21-8-5-19-6-9-23(10-7-20(19)15-21)40-18-30-12-14-36)34-27(24)33-25-3-1-2-4-26(25)41(38,39)35-13-11-22(37)17-35/h1-5,8,15-16,22-23,30,36-37H,6-7,9-14,17-18H2,(H2,31,32,33,34). The van der Waals surface area contributed by atoms with Crippen LogP contribution in [-0.2, 0) is 27.6 Å². The van der Waals surface area contributed by atoms with E-state index in [9.17, 15) is 13.5 Å². The molecule has 0 amide bonds. The minimum atomic E-state index is -3.83. The topological polar surface area (TPSA) is 149 Å². The van der Waals surface area contributed by atoms with Gasteiger partial charge in [-0.2, -0.15) is 9.29 Å². The molecule has 5 N–H and O–H groups in total. The smallest absolute Gasteiger partial charge is 0.245 e. The number of aromatic nitrogens is 2. The van der Waals surface area contributed by atoms with Crippen LogP contribution < -0.4 is 16.0 Å². The molecule has 0 bridgehead atoms. The first-order valence-corrected chi connectivity index (χ1v) is 15.5. The molecule has 2 heterocycles. The van der Waals surface area contributed by atoms with Crippen LogP contribution in [0.25, 0.3) is 0 Å². The van der Waals surface area contributed by atoms with Gasteiger partial charge in [0.2, 0.25) is 16.0 Å². The maximum absolute atomic E-state index is 13.3. The number of benzene rings is 2. The van der Waals surface area contributed by atoms with Gasteiger partial charge in [-0.3, -0.25) is 5.32 Å². The summed E-state index contributed by atoms with van der Waals surface area (Å²) < 4.78 is 33.8. The molecular formula is C28H35ClN6O5S. The Balaban J connectivity index is 1.29. The number of hydrogen-bond donors (Lipinski definition) is 5. The Bertz CT molecular complexity index is 1460. The number of sulfonamides is 1. The number of aliphatic hydroxyl groups excluding tert-OH is 2. The number of anilines is 4. The molecule has 1 saturated heterocycles. The lowest BCUT2D eigenvalue weighted by molar-refractivity contribution is 0.0301. The Morgan fingerprint density at radius 3 is 2.66 bits per heavy atom. The molecular weight excluding hydrogens is 568 g/mol. The monoisotopic (exact) mass is 602 g/mol. The van der Waals surface area contributed by atoms with E-state index >= 15 is 0 Å². The number of rotatable bonds is 11. The van der Waals surface area contributed by atoms with Crippen LogP contribution in [0.3, 0.4) is 0 Å². The van der Waals surface area contributed by atoms with Crippen molar-refractivity contribution in [1.29, 1.82) is 0 Å². The predicted octanol–water partition coefficient (Wildman–Crippen LogP) is 3.18. The van der Waals surface area contributed by atoms with Gasteiger partial charge >= 0.3 is 0 Å². The van der Waals surface area contributed by atoms with Crippen molar-refractivity contribution < 1.29 is 23.4 Å². The van der Waals surface area contributed by atoms with E-state index in [0.717, 1.165) is 31.4 Å². The van der Waals surface area contributed by atoms with Crippen LogP contribution in [0.5, 0.6) is 0 Å². The molecule has 1 aliphatic carbocycles. The fraction of sp³-hybridized carbons (Fsp3) is 0.429. The van der Waals surface area contributed by atoms with Crippen LogP contribution in [0, 0.1) is 0 Å². The predicted molar refractivity (Wildman–Crippen MR) is 157 cm³/mol. The maximum Gasteiger partial charge on any atom is 0.245 e. The molecule has 0 radical (unpaired) electrons. The molecule has 11 nitrogen and oxygen atoms in total. The third-order valence-corrected chi connectivity index (χ3v) is 9.47. The van der Waals surface area contributed by atoms with Crippen LogP contribution in [-0.4, -0.2) is 78.1 Å².